The molecule has 0 bridgehead atoms. The molecule has 0 atom stereocenters. The first kappa shape index (κ1) is 17.3. The van der Waals surface area contributed by atoms with E-state index in [1.165, 1.54) is 0 Å². The van der Waals surface area contributed by atoms with E-state index in [-0.39, 0.29) is 6.42 Å². The third kappa shape index (κ3) is 5.28. The summed E-state index contributed by atoms with van der Waals surface area (Å²) in [7, 11) is 1.13. The molecule has 0 saturated heterocycles. The first-order valence-electron chi connectivity index (χ1n) is 7.36. The van der Waals surface area contributed by atoms with Crippen LogP contribution in [0.1, 0.15) is 11.1 Å². The van der Waals surface area contributed by atoms with Crippen LogP contribution in [0, 0.1) is 0 Å². The second kappa shape index (κ2) is 8.53. The average molecular weight is 326 g/mol. The molecule has 0 spiro atoms. The molecule has 0 radical (unpaired) electrons. The van der Waals surface area contributed by atoms with Crippen LogP contribution < -0.4 is 4.74 Å². The molecule has 2 rings (SSSR count). The van der Waals surface area contributed by atoms with Gasteiger partial charge in [0.25, 0.3) is 0 Å². The number of ether oxygens (including phenoxy) is 2. The van der Waals surface area contributed by atoms with Gasteiger partial charge in [-0.2, -0.15) is 0 Å². The predicted octanol–water partition coefficient (Wildman–Crippen LogP) is 2.99. The molecule has 0 unspecified atom stereocenters. The Bertz CT molecular complexity index is 717. The highest BCUT2D eigenvalue weighted by molar-refractivity contribution is 5.98. The van der Waals surface area contributed by atoms with Crippen LogP contribution in [0.15, 0.2) is 66.4 Å². The van der Waals surface area contributed by atoms with Gasteiger partial charge in [0.05, 0.1) is 7.11 Å². The molecule has 124 valence electrons. The Morgan fingerprint density at radius 3 is 2.29 bits per heavy atom. The molecule has 1 N–H and O–H groups in total. The van der Waals surface area contributed by atoms with E-state index < -0.39 is 17.5 Å². The molecule has 0 heterocycles. The maximum absolute atomic E-state index is 11.8. The van der Waals surface area contributed by atoms with Crippen molar-refractivity contribution in [2.75, 3.05) is 7.11 Å². The Morgan fingerprint density at radius 2 is 1.67 bits per heavy atom. The summed E-state index contributed by atoms with van der Waals surface area (Å²) in [6.07, 6.45) is 0.936. The van der Waals surface area contributed by atoms with Crippen molar-refractivity contribution in [1.82, 2.24) is 0 Å². The number of ketones is 1. The van der Waals surface area contributed by atoms with Crippen molar-refractivity contribution in [3.63, 3.8) is 0 Å². The maximum atomic E-state index is 11.8. The van der Waals surface area contributed by atoms with Crippen molar-refractivity contribution in [1.29, 1.82) is 0 Å². The van der Waals surface area contributed by atoms with Gasteiger partial charge < -0.3 is 14.6 Å². The smallest absolute Gasteiger partial charge is 0.373 e. The lowest BCUT2D eigenvalue weighted by Gasteiger charge is -2.07. The Morgan fingerprint density at radius 1 is 1.00 bits per heavy atom. The quantitative estimate of drug-likeness (QED) is 0.481. The van der Waals surface area contributed by atoms with E-state index in [9.17, 15) is 14.7 Å². The zero-order valence-electron chi connectivity index (χ0n) is 13.3. The number of benzene rings is 2. The van der Waals surface area contributed by atoms with Crippen LogP contribution in [0.5, 0.6) is 5.75 Å². The van der Waals surface area contributed by atoms with Crippen molar-refractivity contribution < 1.29 is 24.2 Å². The van der Waals surface area contributed by atoms with E-state index in [1.807, 2.05) is 30.3 Å². The highest BCUT2D eigenvalue weighted by Crippen LogP contribution is 2.15. The zero-order chi connectivity index (χ0) is 17.4. The molecule has 0 saturated carbocycles. The molecule has 0 aliphatic rings. The lowest BCUT2D eigenvalue weighted by Crippen LogP contribution is -2.08. The van der Waals surface area contributed by atoms with Crippen LogP contribution >= 0.6 is 0 Å². The molecule has 0 amide bonds. The van der Waals surface area contributed by atoms with E-state index in [0.29, 0.717) is 12.4 Å². The number of carbonyl (C=O) groups is 2. The fourth-order valence-electron chi connectivity index (χ4n) is 2.01. The largest absolute Gasteiger partial charge is 0.502 e. The molecule has 2 aromatic carbocycles. The fraction of sp³-hybridized carbons (Fsp3) is 0.158. The summed E-state index contributed by atoms with van der Waals surface area (Å²) in [5, 5.41) is 9.33. The van der Waals surface area contributed by atoms with Crippen LogP contribution in [0.3, 0.4) is 0 Å². The monoisotopic (exact) mass is 326 g/mol. The highest BCUT2D eigenvalue weighted by Gasteiger charge is 2.10. The summed E-state index contributed by atoms with van der Waals surface area (Å²) < 4.78 is 9.98. The summed E-state index contributed by atoms with van der Waals surface area (Å²) in [6, 6.07) is 16.9. The van der Waals surface area contributed by atoms with Gasteiger partial charge >= 0.3 is 5.97 Å². The summed E-state index contributed by atoms with van der Waals surface area (Å²) >= 11 is 0. The third-order valence-electron chi connectivity index (χ3n) is 3.24. The summed E-state index contributed by atoms with van der Waals surface area (Å²) in [6.45, 7) is 0.467. The molecule has 24 heavy (non-hydrogen) atoms. The molecule has 5 heteroatoms. The molecular weight excluding hydrogens is 308 g/mol. The molecule has 0 aromatic heterocycles. The molecule has 0 aliphatic carbocycles. The molecule has 2 aromatic rings. The Labute approximate surface area is 140 Å². The van der Waals surface area contributed by atoms with Crippen LogP contribution in [0.25, 0.3) is 0 Å². The summed E-state index contributed by atoms with van der Waals surface area (Å²) in [5.41, 5.74) is 1.82. The van der Waals surface area contributed by atoms with E-state index in [0.717, 1.165) is 24.3 Å². The Balaban J connectivity index is 1.90. The zero-order valence-corrected chi connectivity index (χ0v) is 13.3. The molecule has 0 fully saturated rings. The van der Waals surface area contributed by atoms with Crippen molar-refractivity contribution >= 4 is 11.8 Å². The maximum Gasteiger partial charge on any atom is 0.373 e. The average Bonchev–Trinajstić information content (AvgIpc) is 2.61. The first-order chi connectivity index (χ1) is 11.6. The van der Waals surface area contributed by atoms with Gasteiger partial charge in [-0.05, 0) is 23.3 Å². The van der Waals surface area contributed by atoms with E-state index in [1.54, 1.807) is 24.3 Å². The number of hydrogen-bond acceptors (Lipinski definition) is 5. The number of allylic oxidation sites excluding steroid dienone is 1. The fourth-order valence-corrected chi connectivity index (χ4v) is 2.01. The minimum absolute atomic E-state index is 0.0695. The summed E-state index contributed by atoms with van der Waals surface area (Å²) in [4.78, 5) is 22.8. The lowest BCUT2D eigenvalue weighted by atomic mass is 10.1. The lowest BCUT2D eigenvalue weighted by molar-refractivity contribution is -0.139. The number of esters is 1. The number of hydrogen-bond donors (Lipinski definition) is 1. The van der Waals surface area contributed by atoms with Gasteiger partial charge in [0.1, 0.15) is 12.4 Å². The van der Waals surface area contributed by atoms with Crippen molar-refractivity contribution in [2.24, 2.45) is 0 Å². The summed E-state index contributed by atoms with van der Waals surface area (Å²) in [5.74, 6) is -1.34. The number of rotatable bonds is 7. The third-order valence-corrected chi connectivity index (χ3v) is 3.24. The number of carbonyl (C=O) groups excluding carboxylic acids is 2. The molecule has 0 aliphatic heterocycles. The second-order valence-electron chi connectivity index (χ2n) is 5.08. The standard InChI is InChI=1S/C19H18O5/c1-23-19(22)18(21)12-16(20)11-14-7-9-17(10-8-14)24-13-15-5-3-2-4-6-15/h2-10,12,21H,11,13H2,1H3. The van der Waals surface area contributed by atoms with Crippen LogP contribution in [0.2, 0.25) is 0 Å². The molecule has 5 nitrogen and oxygen atoms in total. The van der Waals surface area contributed by atoms with Crippen LogP contribution in [-0.2, 0) is 27.4 Å². The van der Waals surface area contributed by atoms with Gasteiger partial charge in [-0.3, -0.25) is 4.79 Å². The van der Waals surface area contributed by atoms with Gasteiger partial charge in [-0.25, -0.2) is 4.79 Å². The number of methoxy groups -OCH3 is 1. The van der Waals surface area contributed by atoms with Gasteiger partial charge in [-0.1, -0.05) is 42.5 Å². The SMILES string of the molecule is COC(=O)C(O)=CC(=O)Cc1ccc(OCc2ccccc2)cc1. The minimum Gasteiger partial charge on any atom is -0.502 e. The second-order valence-corrected chi connectivity index (χ2v) is 5.08. The normalized spacial score (nSPS) is 11.0. The van der Waals surface area contributed by atoms with Gasteiger partial charge in [0.2, 0.25) is 5.76 Å². The Kier molecular flexibility index (Phi) is 6.14. The van der Waals surface area contributed by atoms with Crippen LogP contribution in [-0.4, -0.2) is 24.0 Å². The van der Waals surface area contributed by atoms with Crippen molar-refractivity contribution in [3.05, 3.63) is 77.6 Å². The van der Waals surface area contributed by atoms with E-state index in [2.05, 4.69) is 4.74 Å². The highest BCUT2D eigenvalue weighted by atomic mass is 16.5. The first-order valence-corrected chi connectivity index (χ1v) is 7.36. The molecular formula is C19H18O5. The minimum atomic E-state index is -0.937. The predicted molar refractivity (Wildman–Crippen MR) is 88.7 cm³/mol. The van der Waals surface area contributed by atoms with Gasteiger partial charge in [0.15, 0.2) is 5.78 Å². The van der Waals surface area contributed by atoms with Crippen molar-refractivity contribution in [3.8, 4) is 5.75 Å². The van der Waals surface area contributed by atoms with E-state index >= 15 is 0 Å². The van der Waals surface area contributed by atoms with Crippen LogP contribution in [0.4, 0.5) is 0 Å². The number of aliphatic hydroxyl groups excluding tert-OH is 1. The van der Waals surface area contributed by atoms with Gasteiger partial charge in [0, 0.05) is 12.5 Å². The van der Waals surface area contributed by atoms with E-state index in [4.69, 9.17) is 4.74 Å². The van der Waals surface area contributed by atoms with Crippen molar-refractivity contribution in [2.45, 2.75) is 13.0 Å². The number of aliphatic hydroxyl groups is 1. The Hall–Kier alpha value is -3.08. The van der Waals surface area contributed by atoms with Gasteiger partial charge in [-0.15, -0.1) is 0 Å². The topological polar surface area (TPSA) is 72.8 Å².